The van der Waals surface area contributed by atoms with Gasteiger partial charge in [-0.3, -0.25) is 4.57 Å². The number of fused-ring (bicyclic) bond motifs is 3. The third-order valence-corrected chi connectivity index (χ3v) is 8.34. The van der Waals surface area contributed by atoms with Gasteiger partial charge in [0.25, 0.3) is 0 Å². The van der Waals surface area contributed by atoms with Crippen LogP contribution in [0, 0.1) is 27.7 Å². The molecule has 0 aliphatic rings. The molecule has 7 aromatic rings. The van der Waals surface area contributed by atoms with Gasteiger partial charge >= 0.3 is 0 Å². The monoisotopic (exact) mass is 576 g/mol. The lowest BCUT2D eigenvalue weighted by Gasteiger charge is -2.12. The Hall–Kier alpha value is -5.16. The summed E-state index contributed by atoms with van der Waals surface area (Å²) in [6, 6.07) is 34.1. The van der Waals surface area contributed by atoms with Crippen molar-refractivity contribution in [1.82, 2.24) is 19.3 Å². The number of hydrogen-bond donors (Lipinski definition) is 0. The van der Waals surface area contributed by atoms with E-state index in [0.717, 1.165) is 63.8 Å². The van der Waals surface area contributed by atoms with Gasteiger partial charge in [0.05, 0.1) is 22.4 Å². The second kappa shape index (κ2) is 11.2. The molecule has 5 nitrogen and oxygen atoms in total. The van der Waals surface area contributed by atoms with Crippen molar-refractivity contribution in [3.8, 4) is 34.1 Å². The number of aryl methyl sites for hydroxylation is 4. The molecule has 0 saturated carbocycles. The first-order chi connectivity index (χ1) is 21.4. The molecule has 44 heavy (non-hydrogen) atoms. The van der Waals surface area contributed by atoms with Gasteiger partial charge in [0, 0.05) is 40.4 Å². The van der Waals surface area contributed by atoms with Crippen molar-refractivity contribution < 1.29 is 4.74 Å². The normalized spacial score (nSPS) is 11.5. The first-order valence-corrected chi connectivity index (χ1v) is 15.3. The Kier molecular flexibility index (Phi) is 7.01. The van der Waals surface area contributed by atoms with E-state index in [4.69, 9.17) is 14.8 Å². The highest BCUT2D eigenvalue weighted by Crippen LogP contribution is 2.37. The summed E-state index contributed by atoms with van der Waals surface area (Å²) < 4.78 is 10.9. The maximum Gasteiger partial charge on any atom is 0.137 e. The van der Waals surface area contributed by atoms with E-state index < -0.39 is 0 Å². The van der Waals surface area contributed by atoms with Gasteiger partial charge in [0.1, 0.15) is 17.3 Å². The molecule has 0 amide bonds. The average Bonchev–Trinajstić information content (AvgIpc) is 3.49. The first kappa shape index (κ1) is 27.7. The standard InChI is InChI=1S/C39H36N4O/c1-6-10-29-13-16-36-35(22-29)34-15-14-32(24-37(34)42(36)38-21-25(2)17-18-40-38)44-33-20-26(3)19-31(23-33)43-28(5)39(27(4)41-43)30-11-8-7-9-12-30/h7-9,11-24H,6,10H2,1-5H3. The van der Waals surface area contributed by atoms with Crippen LogP contribution < -0.4 is 4.74 Å². The Labute approximate surface area is 258 Å². The number of pyridine rings is 1. The summed E-state index contributed by atoms with van der Waals surface area (Å²) in [7, 11) is 0. The molecule has 0 aliphatic carbocycles. The Bertz CT molecular complexity index is 2150. The van der Waals surface area contributed by atoms with Crippen LogP contribution in [-0.4, -0.2) is 19.3 Å². The molecule has 3 heterocycles. The summed E-state index contributed by atoms with van der Waals surface area (Å²) in [5, 5.41) is 7.36. The van der Waals surface area contributed by atoms with Crippen LogP contribution in [0.2, 0.25) is 0 Å². The molecular formula is C39H36N4O. The van der Waals surface area contributed by atoms with Crippen LogP contribution in [0.1, 0.15) is 41.4 Å². The van der Waals surface area contributed by atoms with Gasteiger partial charge in [0.2, 0.25) is 0 Å². The Morgan fingerprint density at radius 3 is 2.34 bits per heavy atom. The third kappa shape index (κ3) is 4.94. The van der Waals surface area contributed by atoms with Crippen LogP contribution in [0.15, 0.2) is 103 Å². The van der Waals surface area contributed by atoms with Gasteiger partial charge in [0.15, 0.2) is 0 Å². The van der Waals surface area contributed by atoms with Crippen LogP contribution in [-0.2, 0) is 6.42 Å². The Morgan fingerprint density at radius 1 is 0.705 bits per heavy atom. The van der Waals surface area contributed by atoms with E-state index in [0.29, 0.717) is 0 Å². The van der Waals surface area contributed by atoms with Crippen molar-refractivity contribution in [2.24, 2.45) is 0 Å². The lowest BCUT2D eigenvalue weighted by molar-refractivity contribution is 0.482. The molecule has 0 spiro atoms. The zero-order valence-electron chi connectivity index (χ0n) is 25.9. The minimum atomic E-state index is 0.773. The predicted molar refractivity (Wildman–Crippen MR) is 181 cm³/mol. The fraction of sp³-hybridized carbons (Fsp3) is 0.179. The Morgan fingerprint density at radius 2 is 1.55 bits per heavy atom. The highest BCUT2D eigenvalue weighted by Gasteiger charge is 2.17. The molecule has 0 atom stereocenters. The number of rotatable bonds is 7. The van der Waals surface area contributed by atoms with Crippen LogP contribution in [0.4, 0.5) is 0 Å². The van der Waals surface area contributed by atoms with Crippen molar-refractivity contribution in [1.29, 1.82) is 0 Å². The lowest BCUT2D eigenvalue weighted by atomic mass is 10.0. The molecule has 0 bridgehead atoms. The van der Waals surface area contributed by atoms with E-state index >= 15 is 0 Å². The van der Waals surface area contributed by atoms with E-state index in [9.17, 15) is 0 Å². The fourth-order valence-electron chi connectivity index (χ4n) is 6.41. The lowest BCUT2D eigenvalue weighted by Crippen LogP contribution is -2.00. The number of hydrogen-bond acceptors (Lipinski definition) is 3. The minimum absolute atomic E-state index is 0.773. The fourth-order valence-corrected chi connectivity index (χ4v) is 6.41. The van der Waals surface area contributed by atoms with Crippen molar-refractivity contribution in [3.63, 3.8) is 0 Å². The van der Waals surface area contributed by atoms with E-state index in [1.54, 1.807) is 0 Å². The van der Waals surface area contributed by atoms with Gasteiger partial charge in [-0.15, -0.1) is 0 Å². The smallest absolute Gasteiger partial charge is 0.137 e. The van der Waals surface area contributed by atoms with Crippen LogP contribution in [0.25, 0.3) is 44.4 Å². The van der Waals surface area contributed by atoms with Crippen molar-refractivity contribution in [2.75, 3.05) is 0 Å². The van der Waals surface area contributed by atoms with Gasteiger partial charge in [-0.05, 0) is 105 Å². The van der Waals surface area contributed by atoms with Crippen molar-refractivity contribution in [3.05, 3.63) is 131 Å². The van der Waals surface area contributed by atoms with Crippen LogP contribution >= 0.6 is 0 Å². The summed E-state index contributed by atoms with van der Waals surface area (Å²) in [4.78, 5) is 4.76. The second-order valence-corrected chi connectivity index (χ2v) is 11.7. The molecule has 0 saturated heterocycles. The number of benzene rings is 4. The quantitative estimate of drug-likeness (QED) is 0.190. The Balaban J connectivity index is 1.32. The molecule has 3 aromatic heterocycles. The highest BCUT2D eigenvalue weighted by atomic mass is 16.5. The van der Waals surface area contributed by atoms with Crippen LogP contribution in [0.3, 0.4) is 0 Å². The summed E-state index contributed by atoms with van der Waals surface area (Å²) in [6.07, 6.45) is 4.06. The number of nitrogens with zero attached hydrogens (tertiary/aromatic N) is 4. The van der Waals surface area contributed by atoms with Gasteiger partial charge in [-0.25, -0.2) is 9.67 Å². The topological polar surface area (TPSA) is 44.9 Å². The summed E-state index contributed by atoms with van der Waals surface area (Å²) in [5.41, 5.74) is 11.3. The number of ether oxygens (including phenoxy) is 1. The second-order valence-electron chi connectivity index (χ2n) is 11.7. The van der Waals surface area contributed by atoms with Gasteiger partial charge in [-0.2, -0.15) is 5.10 Å². The molecule has 0 radical (unpaired) electrons. The number of aromatic nitrogens is 4. The predicted octanol–water partition coefficient (Wildman–Crippen LogP) is 10.0. The molecule has 0 N–H and O–H groups in total. The maximum absolute atomic E-state index is 6.59. The minimum Gasteiger partial charge on any atom is -0.457 e. The summed E-state index contributed by atoms with van der Waals surface area (Å²) in [5.74, 6) is 2.45. The zero-order valence-corrected chi connectivity index (χ0v) is 25.9. The molecule has 0 aliphatic heterocycles. The highest BCUT2D eigenvalue weighted by molar-refractivity contribution is 6.09. The molecule has 0 fully saturated rings. The summed E-state index contributed by atoms with van der Waals surface area (Å²) >= 11 is 0. The molecule has 218 valence electrons. The molecule has 5 heteroatoms. The molecular weight excluding hydrogens is 540 g/mol. The first-order valence-electron chi connectivity index (χ1n) is 15.3. The van der Waals surface area contributed by atoms with Gasteiger partial charge < -0.3 is 4.74 Å². The van der Waals surface area contributed by atoms with Crippen molar-refractivity contribution >= 4 is 21.8 Å². The van der Waals surface area contributed by atoms with E-state index in [1.807, 2.05) is 23.0 Å². The van der Waals surface area contributed by atoms with Crippen LogP contribution in [0.5, 0.6) is 11.5 Å². The zero-order chi connectivity index (χ0) is 30.4. The summed E-state index contributed by atoms with van der Waals surface area (Å²) in [6.45, 7) is 10.6. The maximum atomic E-state index is 6.59. The molecule has 7 rings (SSSR count). The largest absolute Gasteiger partial charge is 0.457 e. The van der Waals surface area contributed by atoms with E-state index in [2.05, 4.69) is 124 Å². The third-order valence-electron chi connectivity index (χ3n) is 8.34. The van der Waals surface area contributed by atoms with Gasteiger partial charge in [-0.1, -0.05) is 49.7 Å². The molecule has 4 aromatic carbocycles. The SMILES string of the molecule is CCCc1ccc2c(c1)c1ccc(Oc3cc(C)cc(-n4nc(C)c(-c5ccccc5)c4C)c3)cc1n2-c1cc(C)ccn1. The van der Waals surface area contributed by atoms with E-state index in [-0.39, 0.29) is 0 Å². The van der Waals surface area contributed by atoms with E-state index in [1.165, 1.54) is 33.0 Å². The van der Waals surface area contributed by atoms with Crippen molar-refractivity contribution in [2.45, 2.75) is 47.5 Å². The average molecular weight is 577 g/mol. The molecule has 0 unspecified atom stereocenters.